The minimum Gasteiger partial charge on any atom is -0.394 e. The number of fused-ring (bicyclic) bond motifs is 1. The number of benzene rings is 2. The fraction of sp³-hybridized carbons (Fsp3) is 0.500. The number of thioether (sulfide) groups is 1. The number of carbonyl (C=O) groups is 3. The minimum absolute atomic E-state index is 0.0251. The summed E-state index contributed by atoms with van der Waals surface area (Å²) in [5, 5.41) is 17.1. The molecule has 2 aromatic rings. The van der Waals surface area contributed by atoms with E-state index in [1.165, 1.54) is 0 Å². The van der Waals surface area contributed by atoms with E-state index in [4.69, 9.17) is 11.6 Å². The number of aliphatic hydroxyl groups is 1. The average Bonchev–Trinajstić information content (AvgIpc) is 3.53. The molecule has 8 atom stereocenters. The standard InChI is InChI=1S/C30H36ClN3O4S/c1-4-17(2)22(16-35)34-26(28(37)33-21-12-10-20(31)11-13-21)30-18(3)14-23(39-30)24(25(30)29(34)38)27(36)32-15-19-8-6-5-7-9-19/h5-13,17-18,22-26,35H,4,14-16H2,1-3H3,(H,32,36)(H,33,37)/t17-,18?,22-,23+,24-,25-,26?,30?/m0/s1. The van der Waals surface area contributed by atoms with E-state index in [-0.39, 0.29) is 41.4 Å². The highest BCUT2D eigenvalue weighted by Crippen LogP contribution is 2.69. The van der Waals surface area contributed by atoms with E-state index in [0.717, 1.165) is 18.4 Å². The van der Waals surface area contributed by atoms with Gasteiger partial charge in [-0.15, -0.1) is 11.8 Å². The molecule has 3 amide bonds. The van der Waals surface area contributed by atoms with Gasteiger partial charge in [0, 0.05) is 22.5 Å². The van der Waals surface area contributed by atoms with Crippen LogP contribution in [0.4, 0.5) is 5.69 Å². The van der Waals surface area contributed by atoms with E-state index >= 15 is 0 Å². The first-order valence-corrected chi connectivity index (χ1v) is 15.0. The van der Waals surface area contributed by atoms with Gasteiger partial charge in [-0.2, -0.15) is 0 Å². The fourth-order valence-electron chi connectivity index (χ4n) is 6.88. The zero-order valence-electron chi connectivity index (χ0n) is 22.5. The van der Waals surface area contributed by atoms with E-state index in [9.17, 15) is 19.5 Å². The van der Waals surface area contributed by atoms with E-state index in [1.807, 2.05) is 44.2 Å². The Labute approximate surface area is 239 Å². The van der Waals surface area contributed by atoms with Crippen molar-refractivity contribution < 1.29 is 19.5 Å². The van der Waals surface area contributed by atoms with Crippen LogP contribution in [0, 0.1) is 23.7 Å². The Hall–Kier alpha value is -2.55. The van der Waals surface area contributed by atoms with Crippen LogP contribution in [0.2, 0.25) is 5.02 Å². The lowest BCUT2D eigenvalue weighted by Gasteiger charge is -2.41. The summed E-state index contributed by atoms with van der Waals surface area (Å²) in [5.41, 5.74) is 1.57. The van der Waals surface area contributed by atoms with Crippen LogP contribution < -0.4 is 10.6 Å². The second kappa shape index (κ2) is 11.1. The van der Waals surface area contributed by atoms with Gasteiger partial charge in [0.2, 0.25) is 17.7 Å². The molecular formula is C30H36ClN3O4S. The summed E-state index contributed by atoms with van der Waals surface area (Å²) < 4.78 is -0.756. The lowest BCUT2D eigenvalue weighted by atomic mass is 9.66. The second-order valence-corrected chi connectivity index (χ2v) is 13.1. The Morgan fingerprint density at radius 1 is 1.15 bits per heavy atom. The minimum atomic E-state index is -0.811. The highest BCUT2D eigenvalue weighted by Gasteiger charge is 2.76. The number of hydrogen-bond acceptors (Lipinski definition) is 5. The van der Waals surface area contributed by atoms with Gasteiger partial charge >= 0.3 is 0 Å². The first-order valence-electron chi connectivity index (χ1n) is 13.7. The number of likely N-dealkylation sites (tertiary alicyclic amines) is 1. The van der Waals surface area contributed by atoms with E-state index in [1.54, 1.807) is 40.9 Å². The molecule has 3 aliphatic rings. The van der Waals surface area contributed by atoms with Crippen LogP contribution in [0.15, 0.2) is 54.6 Å². The normalized spacial score (nSPS) is 30.6. The van der Waals surface area contributed by atoms with Crippen LogP contribution in [0.25, 0.3) is 0 Å². The fourth-order valence-corrected chi connectivity index (χ4v) is 9.41. The number of amides is 3. The monoisotopic (exact) mass is 569 g/mol. The largest absolute Gasteiger partial charge is 0.394 e. The number of hydrogen-bond donors (Lipinski definition) is 3. The number of nitrogens with one attached hydrogen (secondary N) is 2. The maximum absolute atomic E-state index is 14.4. The third-order valence-corrected chi connectivity index (χ3v) is 11.3. The van der Waals surface area contributed by atoms with Gasteiger partial charge < -0.3 is 20.6 Å². The van der Waals surface area contributed by atoms with E-state index in [2.05, 4.69) is 17.6 Å². The summed E-state index contributed by atoms with van der Waals surface area (Å²) in [6, 6.07) is 15.2. The first-order chi connectivity index (χ1) is 18.7. The SMILES string of the molecule is CC[C@H](C)[C@H](CO)N1C(=O)[C@@H]2[C@@H](C(=O)NCc3ccccc3)[C@H]3CC(C)C2(S3)C1C(=O)Nc1ccc(Cl)cc1. The predicted molar refractivity (Wildman–Crippen MR) is 154 cm³/mol. The van der Waals surface area contributed by atoms with Crippen LogP contribution in [-0.2, 0) is 20.9 Å². The van der Waals surface area contributed by atoms with Crippen molar-refractivity contribution in [1.29, 1.82) is 0 Å². The Balaban J connectivity index is 1.51. The molecule has 3 aliphatic heterocycles. The molecule has 208 valence electrons. The summed E-state index contributed by atoms with van der Waals surface area (Å²) in [6.45, 7) is 6.23. The molecule has 0 saturated carbocycles. The van der Waals surface area contributed by atoms with Crippen molar-refractivity contribution in [2.75, 3.05) is 11.9 Å². The van der Waals surface area contributed by atoms with Crippen LogP contribution in [0.5, 0.6) is 0 Å². The van der Waals surface area contributed by atoms with E-state index in [0.29, 0.717) is 17.3 Å². The molecule has 0 aromatic heterocycles. The van der Waals surface area contributed by atoms with Gasteiger partial charge in [-0.05, 0) is 48.1 Å². The van der Waals surface area contributed by atoms with Gasteiger partial charge in [0.25, 0.3) is 0 Å². The molecule has 0 aliphatic carbocycles. The Morgan fingerprint density at radius 3 is 2.49 bits per heavy atom. The van der Waals surface area contributed by atoms with Crippen molar-refractivity contribution in [2.45, 2.75) is 62.2 Å². The molecule has 7 nitrogen and oxygen atoms in total. The molecule has 0 radical (unpaired) electrons. The maximum atomic E-state index is 14.4. The highest BCUT2D eigenvalue weighted by molar-refractivity contribution is 8.02. The molecule has 3 saturated heterocycles. The summed E-state index contributed by atoms with van der Waals surface area (Å²) in [7, 11) is 0. The smallest absolute Gasteiger partial charge is 0.248 e. The summed E-state index contributed by atoms with van der Waals surface area (Å²) in [5.74, 6) is -1.79. The van der Waals surface area contributed by atoms with Crippen molar-refractivity contribution in [3.63, 3.8) is 0 Å². The average molecular weight is 570 g/mol. The number of halogens is 1. The molecule has 3 unspecified atom stereocenters. The molecule has 39 heavy (non-hydrogen) atoms. The summed E-state index contributed by atoms with van der Waals surface area (Å²) in [6.07, 6.45) is 1.49. The van der Waals surface area contributed by atoms with Crippen molar-refractivity contribution >= 4 is 46.8 Å². The number of carbonyl (C=O) groups excluding carboxylic acids is 3. The Bertz CT molecular complexity index is 1230. The molecule has 3 heterocycles. The van der Waals surface area contributed by atoms with Gasteiger partial charge in [-0.1, -0.05) is 69.1 Å². The van der Waals surface area contributed by atoms with Gasteiger partial charge in [0.1, 0.15) is 6.04 Å². The molecule has 3 N–H and O–H groups in total. The third kappa shape index (κ3) is 4.74. The molecule has 9 heteroatoms. The number of aliphatic hydroxyl groups excluding tert-OH is 1. The van der Waals surface area contributed by atoms with E-state index < -0.39 is 28.7 Å². The quantitative estimate of drug-likeness (QED) is 0.417. The zero-order valence-corrected chi connectivity index (χ0v) is 24.0. The van der Waals surface area contributed by atoms with Gasteiger partial charge in [0.05, 0.1) is 29.2 Å². The van der Waals surface area contributed by atoms with Gasteiger partial charge in [-0.3, -0.25) is 14.4 Å². The van der Waals surface area contributed by atoms with Crippen molar-refractivity contribution in [2.24, 2.45) is 23.7 Å². The van der Waals surface area contributed by atoms with Crippen LogP contribution in [0.3, 0.4) is 0 Å². The molecule has 5 rings (SSSR count). The molecular weight excluding hydrogens is 534 g/mol. The predicted octanol–water partition coefficient (Wildman–Crippen LogP) is 4.34. The van der Waals surface area contributed by atoms with Gasteiger partial charge in [-0.25, -0.2) is 0 Å². The highest BCUT2D eigenvalue weighted by atomic mass is 35.5. The van der Waals surface area contributed by atoms with Crippen molar-refractivity contribution in [1.82, 2.24) is 10.2 Å². The number of nitrogens with zero attached hydrogens (tertiary/aromatic N) is 1. The van der Waals surface area contributed by atoms with Crippen molar-refractivity contribution in [3.05, 3.63) is 65.2 Å². The molecule has 2 bridgehead atoms. The van der Waals surface area contributed by atoms with Crippen LogP contribution >= 0.6 is 23.4 Å². The van der Waals surface area contributed by atoms with Crippen LogP contribution in [-0.4, -0.2) is 56.4 Å². The second-order valence-electron chi connectivity index (χ2n) is 11.1. The Kier molecular flexibility index (Phi) is 8.00. The van der Waals surface area contributed by atoms with Gasteiger partial charge in [0.15, 0.2) is 0 Å². The topological polar surface area (TPSA) is 98.7 Å². The molecule has 1 spiro atoms. The number of rotatable bonds is 9. The first kappa shape index (κ1) is 28.0. The molecule has 2 aromatic carbocycles. The molecule has 3 fully saturated rings. The zero-order chi connectivity index (χ0) is 27.9. The summed E-state index contributed by atoms with van der Waals surface area (Å²) in [4.78, 5) is 43.8. The lowest BCUT2D eigenvalue weighted by Crippen LogP contribution is -2.58. The lowest BCUT2D eigenvalue weighted by molar-refractivity contribution is -0.143. The van der Waals surface area contributed by atoms with Crippen LogP contribution in [0.1, 0.15) is 39.2 Å². The summed E-state index contributed by atoms with van der Waals surface area (Å²) >= 11 is 7.68. The Morgan fingerprint density at radius 2 is 1.85 bits per heavy atom. The van der Waals surface area contributed by atoms with Crippen molar-refractivity contribution in [3.8, 4) is 0 Å². The maximum Gasteiger partial charge on any atom is 0.248 e. The number of anilines is 1. The third-order valence-electron chi connectivity index (χ3n) is 9.00.